The number of benzene rings is 1. The van der Waals surface area contributed by atoms with Crippen LogP contribution in [0.2, 0.25) is 0 Å². The quantitative estimate of drug-likeness (QED) is 0.665. The van der Waals surface area contributed by atoms with Crippen molar-refractivity contribution in [3.05, 3.63) is 50.9 Å². The van der Waals surface area contributed by atoms with E-state index in [1.807, 2.05) is 26.0 Å². The molecule has 0 unspecified atom stereocenters. The van der Waals surface area contributed by atoms with Crippen molar-refractivity contribution >= 4 is 44.3 Å². The number of anilines is 3. The molecule has 0 radical (unpaired) electrons. The first-order valence-electron chi connectivity index (χ1n) is 9.34. The Kier molecular flexibility index (Phi) is 5.32. The average molecular weight is 444 g/mol. The Morgan fingerprint density at radius 2 is 1.89 bits per heavy atom. The van der Waals surface area contributed by atoms with Gasteiger partial charge in [-0.2, -0.15) is 4.98 Å². The van der Waals surface area contributed by atoms with Gasteiger partial charge in [-0.3, -0.25) is 9.36 Å². The summed E-state index contributed by atoms with van der Waals surface area (Å²) in [5.41, 5.74) is 3.44. The number of nitrogens with zero attached hydrogens (tertiary/aromatic N) is 4. The van der Waals surface area contributed by atoms with Gasteiger partial charge in [0.1, 0.15) is 5.65 Å². The Labute approximate surface area is 171 Å². The summed E-state index contributed by atoms with van der Waals surface area (Å²) in [6, 6.07) is 9.99. The summed E-state index contributed by atoms with van der Waals surface area (Å²) in [6.45, 7) is 7.74. The minimum atomic E-state index is -0.0890. The maximum absolute atomic E-state index is 12.4. The molecule has 1 aromatic carbocycles. The molecule has 1 aliphatic rings. The summed E-state index contributed by atoms with van der Waals surface area (Å²) in [4.78, 5) is 23.9. The van der Waals surface area contributed by atoms with Gasteiger partial charge in [0.25, 0.3) is 5.56 Å². The van der Waals surface area contributed by atoms with Gasteiger partial charge in [0.05, 0.1) is 23.4 Å². The van der Waals surface area contributed by atoms with Crippen LogP contribution in [0.5, 0.6) is 0 Å². The second-order valence-corrected chi connectivity index (χ2v) is 7.54. The van der Waals surface area contributed by atoms with Gasteiger partial charge in [-0.1, -0.05) is 0 Å². The fourth-order valence-electron chi connectivity index (χ4n) is 3.41. The van der Waals surface area contributed by atoms with Crippen LogP contribution in [0.25, 0.3) is 11.0 Å². The van der Waals surface area contributed by atoms with E-state index in [1.165, 1.54) is 5.69 Å². The van der Waals surface area contributed by atoms with E-state index in [0.717, 1.165) is 43.1 Å². The molecular weight excluding hydrogens is 422 g/mol. The highest BCUT2D eigenvalue weighted by atomic mass is 79.9. The summed E-state index contributed by atoms with van der Waals surface area (Å²) in [6.07, 6.45) is 0. The number of ether oxygens (including phenoxy) is 1. The molecule has 1 fully saturated rings. The molecule has 3 aromatic rings. The van der Waals surface area contributed by atoms with Gasteiger partial charge in [-0.25, -0.2) is 4.98 Å². The summed E-state index contributed by atoms with van der Waals surface area (Å²) >= 11 is 3.34. The molecule has 1 saturated heterocycles. The zero-order valence-corrected chi connectivity index (χ0v) is 17.5. The van der Waals surface area contributed by atoms with Gasteiger partial charge in [0, 0.05) is 36.4 Å². The molecule has 28 heavy (non-hydrogen) atoms. The van der Waals surface area contributed by atoms with Crippen molar-refractivity contribution in [2.45, 2.75) is 20.4 Å². The lowest BCUT2D eigenvalue weighted by atomic mass is 10.2. The molecule has 8 heteroatoms. The van der Waals surface area contributed by atoms with Crippen LogP contribution in [-0.2, 0) is 11.3 Å². The van der Waals surface area contributed by atoms with Crippen molar-refractivity contribution in [3.63, 3.8) is 0 Å². The Hall–Kier alpha value is -2.45. The van der Waals surface area contributed by atoms with Crippen molar-refractivity contribution in [3.8, 4) is 0 Å². The molecule has 146 valence electrons. The smallest absolute Gasteiger partial charge is 0.266 e. The zero-order valence-electron chi connectivity index (χ0n) is 15.9. The lowest BCUT2D eigenvalue weighted by molar-refractivity contribution is 0.122. The van der Waals surface area contributed by atoms with Crippen LogP contribution >= 0.6 is 15.9 Å². The van der Waals surface area contributed by atoms with Gasteiger partial charge >= 0.3 is 0 Å². The summed E-state index contributed by atoms with van der Waals surface area (Å²) < 4.78 is 7.58. The van der Waals surface area contributed by atoms with Gasteiger partial charge in [0.2, 0.25) is 5.95 Å². The van der Waals surface area contributed by atoms with Crippen LogP contribution < -0.4 is 15.8 Å². The van der Waals surface area contributed by atoms with Crippen LogP contribution in [0.4, 0.5) is 17.3 Å². The topological polar surface area (TPSA) is 72.3 Å². The molecule has 0 saturated carbocycles. The minimum absolute atomic E-state index is 0.0890. The van der Waals surface area contributed by atoms with E-state index in [0.29, 0.717) is 22.6 Å². The fraction of sp³-hybridized carbons (Fsp3) is 0.350. The number of fused-ring (bicyclic) bond motifs is 1. The monoisotopic (exact) mass is 443 g/mol. The molecular formula is C20H22BrN5O2. The van der Waals surface area contributed by atoms with E-state index < -0.39 is 0 Å². The van der Waals surface area contributed by atoms with Crippen molar-refractivity contribution in [2.24, 2.45) is 0 Å². The second-order valence-electron chi connectivity index (χ2n) is 6.68. The standard InChI is InChI=1S/C20H22BrN5O2/c1-3-26-18-16(12-17(21)19(26)27)13(2)22-20(24-18)23-14-4-6-15(7-5-14)25-8-10-28-11-9-25/h4-7,12H,3,8-11H2,1-2H3,(H,22,23,24). The van der Waals surface area contributed by atoms with Crippen LogP contribution in [0.3, 0.4) is 0 Å². The van der Waals surface area contributed by atoms with E-state index in [9.17, 15) is 4.79 Å². The third-order valence-corrected chi connectivity index (χ3v) is 5.48. The van der Waals surface area contributed by atoms with Crippen molar-refractivity contribution in [1.82, 2.24) is 14.5 Å². The second kappa shape index (κ2) is 7.89. The van der Waals surface area contributed by atoms with Crippen LogP contribution in [-0.4, -0.2) is 40.8 Å². The molecule has 2 aromatic heterocycles. The van der Waals surface area contributed by atoms with Crippen LogP contribution in [0.1, 0.15) is 12.6 Å². The molecule has 1 N–H and O–H groups in total. The lowest BCUT2D eigenvalue weighted by Gasteiger charge is -2.28. The Morgan fingerprint density at radius 3 is 2.57 bits per heavy atom. The molecule has 3 heterocycles. The van der Waals surface area contributed by atoms with Gasteiger partial charge in [-0.05, 0) is 60.1 Å². The first kappa shape index (κ1) is 18.9. The summed E-state index contributed by atoms with van der Waals surface area (Å²) in [7, 11) is 0. The molecule has 0 spiro atoms. The Bertz CT molecular complexity index is 1060. The Morgan fingerprint density at radius 1 is 1.18 bits per heavy atom. The number of nitrogens with one attached hydrogen (secondary N) is 1. The molecule has 7 nitrogen and oxygen atoms in total. The molecule has 0 atom stereocenters. The van der Waals surface area contributed by atoms with E-state index in [-0.39, 0.29) is 5.56 Å². The van der Waals surface area contributed by atoms with Gasteiger partial charge in [-0.15, -0.1) is 0 Å². The van der Waals surface area contributed by atoms with E-state index in [4.69, 9.17) is 4.74 Å². The predicted molar refractivity (Wildman–Crippen MR) is 115 cm³/mol. The summed E-state index contributed by atoms with van der Waals surface area (Å²) in [5.74, 6) is 0.480. The highest BCUT2D eigenvalue weighted by Crippen LogP contribution is 2.23. The van der Waals surface area contributed by atoms with Crippen LogP contribution in [0, 0.1) is 6.92 Å². The number of pyridine rings is 1. The Balaban J connectivity index is 1.64. The molecule has 4 rings (SSSR count). The highest BCUT2D eigenvalue weighted by Gasteiger charge is 2.13. The summed E-state index contributed by atoms with van der Waals surface area (Å²) in [5, 5.41) is 4.12. The van der Waals surface area contributed by atoms with Crippen LogP contribution in [0.15, 0.2) is 39.6 Å². The van der Waals surface area contributed by atoms with E-state index in [1.54, 1.807) is 10.6 Å². The van der Waals surface area contributed by atoms with E-state index in [2.05, 4.69) is 48.2 Å². The first-order valence-corrected chi connectivity index (χ1v) is 10.1. The van der Waals surface area contributed by atoms with E-state index >= 15 is 0 Å². The highest BCUT2D eigenvalue weighted by molar-refractivity contribution is 9.10. The number of morpholine rings is 1. The van der Waals surface area contributed by atoms with Gasteiger partial charge in [0.15, 0.2) is 0 Å². The third-order valence-electron chi connectivity index (χ3n) is 4.91. The first-order chi connectivity index (χ1) is 13.6. The van der Waals surface area contributed by atoms with Gasteiger partial charge < -0.3 is 15.0 Å². The SMILES string of the molecule is CCn1c(=O)c(Br)cc2c(C)nc(Nc3ccc(N4CCOCC4)cc3)nc21. The zero-order chi connectivity index (χ0) is 19.7. The van der Waals surface area contributed by atoms with Crippen molar-refractivity contribution in [2.75, 3.05) is 36.5 Å². The molecule has 1 aliphatic heterocycles. The molecule has 0 amide bonds. The number of aryl methyl sites for hydroxylation is 2. The fourth-order valence-corrected chi connectivity index (χ4v) is 3.85. The van der Waals surface area contributed by atoms with Crippen molar-refractivity contribution in [1.29, 1.82) is 0 Å². The average Bonchev–Trinajstić information content (AvgIpc) is 2.71. The molecule has 0 bridgehead atoms. The number of rotatable bonds is 4. The number of halogens is 1. The van der Waals surface area contributed by atoms with Crippen molar-refractivity contribution < 1.29 is 4.74 Å². The largest absolute Gasteiger partial charge is 0.378 e. The number of hydrogen-bond acceptors (Lipinski definition) is 6. The normalized spacial score (nSPS) is 14.5. The maximum Gasteiger partial charge on any atom is 0.266 e. The lowest BCUT2D eigenvalue weighted by Crippen LogP contribution is -2.36. The predicted octanol–water partition coefficient (Wildman–Crippen LogP) is 3.46. The maximum atomic E-state index is 12.4. The molecule has 0 aliphatic carbocycles. The number of hydrogen-bond donors (Lipinski definition) is 1. The minimum Gasteiger partial charge on any atom is -0.378 e. The third kappa shape index (κ3) is 3.62. The number of aromatic nitrogens is 3.